The maximum atomic E-state index is 5.69. The molecular formula is C27H37NO. The van der Waals surface area contributed by atoms with Crippen LogP contribution in [0, 0.1) is 28.1 Å². The molecule has 0 unspecified atom stereocenters. The molecule has 0 amide bonds. The molecule has 2 heteroatoms. The van der Waals surface area contributed by atoms with Crippen LogP contribution in [0.15, 0.2) is 59.8 Å². The van der Waals surface area contributed by atoms with Gasteiger partial charge in [-0.1, -0.05) is 80.4 Å². The van der Waals surface area contributed by atoms with Gasteiger partial charge in [-0.15, -0.1) is 6.58 Å². The highest BCUT2D eigenvalue weighted by Gasteiger charge is 2.54. The molecule has 0 radical (unpaired) electrons. The molecule has 2 nitrogen and oxygen atoms in total. The van der Waals surface area contributed by atoms with Crippen LogP contribution in [0.4, 0.5) is 0 Å². The van der Waals surface area contributed by atoms with Gasteiger partial charge in [0, 0.05) is 11.6 Å². The minimum absolute atomic E-state index is 0.120. The molecule has 0 aromatic heterocycles. The molecule has 1 aromatic rings. The van der Waals surface area contributed by atoms with E-state index in [2.05, 4.69) is 63.0 Å². The zero-order chi connectivity index (χ0) is 20.5. The summed E-state index contributed by atoms with van der Waals surface area (Å²) < 4.78 is 0. The first kappa shape index (κ1) is 20.4. The number of fused-ring (bicyclic) bond motifs is 3. The van der Waals surface area contributed by atoms with E-state index in [0.717, 1.165) is 12.3 Å². The molecule has 156 valence electrons. The quantitative estimate of drug-likeness (QED) is 0.293. The lowest BCUT2D eigenvalue weighted by molar-refractivity contribution is 0.0113. The first-order chi connectivity index (χ1) is 13.9. The van der Waals surface area contributed by atoms with Crippen LogP contribution in [0.25, 0.3) is 0 Å². The van der Waals surface area contributed by atoms with Gasteiger partial charge in [-0.3, -0.25) is 0 Å². The molecule has 0 bridgehead atoms. The molecule has 1 aromatic carbocycles. The van der Waals surface area contributed by atoms with Gasteiger partial charge in [-0.05, 0) is 66.8 Å². The van der Waals surface area contributed by atoms with Crippen molar-refractivity contribution in [1.82, 2.24) is 0 Å². The molecule has 3 aliphatic carbocycles. The Morgan fingerprint density at radius 3 is 2.69 bits per heavy atom. The maximum Gasteiger partial charge on any atom is 0.142 e. The smallest absolute Gasteiger partial charge is 0.142 e. The minimum atomic E-state index is 0.120. The number of oxime groups is 1. The van der Waals surface area contributed by atoms with E-state index < -0.39 is 0 Å². The molecule has 2 fully saturated rings. The Bertz CT molecular complexity index is 796. The zero-order valence-corrected chi connectivity index (χ0v) is 18.5. The van der Waals surface area contributed by atoms with Crippen molar-refractivity contribution in [2.45, 2.75) is 72.3 Å². The maximum absolute atomic E-state index is 5.69. The average molecular weight is 392 g/mol. The Morgan fingerprint density at radius 1 is 1.14 bits per heavy atom. The molecule has 2 saturated carbocycles. The van der Waals surface area contributed by atoms with Gasteiger partial charge in [0.25, 0.3) is 0 Å². The van der Waals surface area contributed by atoms with Gasteiger partial charge >= 0.3 is 0 Å². The standard InChI is InChI=1S/C27H37NO/c1-5-25(2)17-14-23-22(18-25)12-13-24-26(3,15-9-16-27(23,24)4)20-28-29-19-21-10-7-6-8-11-21/h5-8,10-11,14,20,22,24H,1,9,12-13,15-19H2,2-4H3/b28-20+/t22-,24+,25-,26-,27-/m0/s1. The van der Waals surface area contributed by atoms with Gasteiger partial charge in [0.05, 0.1) is 0 Å². The van der Waals surface area contributed by atoms with Gasteiger partial charge in [0.1, 0.15) is 6.61 Å². The first-order valence-electron chi connectivity index (χ1n) is 11.4. The number of hydrogen-bond acceptors (Lipinski definition) is 2. The Labute approximate surface area is 177 Å². The van der Waals surface area contributed by atoms with Crippen molar-refractivity contribution in [1.29, 1.82) is 0 Å². The summed E-state index contributed by atoms with van der Waals surface area (Å²) in [6.07, 6.45) is 15.8. The van der Waals surface area contributed by atoms with E-state index in [1.807, 2.05) is 18.2 Å². The van der Waals surface area contributed by atoms with Crippen molar-refractivity contribution in [2.75, 3.05) is 0 Å². The van der Waals surface area contributed by atoms with E-state index in [1.54, 1.807) is 5.57 Å². The molecule has 0 aliphatic heterocycles. The van der Waals surface area contributed by atoms with Crippen LogP contribution in [0.1, 0.15) is 71.3 Å². The largest absolute Gasteiger partial charge is 0.391 e. The van der Waals surface area contributed by atoms with Crippen LogP contribution in [0.2, 0.25) is 0 Å². The lowest BCUT2D eigenvalue weighted by Gasteiger charge is -2.58. The lowest BCUT2D eigenvalue weighted by atomic mass is 9.46. The molecule has 0 saturated heterocycles. The van der Waals surface area contributed by atoms with E-state index in [1.165, 1.54) is 44.1 Å². The Kier molecular flexibility index (Phi) is 5.48. The van der Waals surface area contributed by atoms with Crippen molar-refractivity contribution < 1.29 is 4.84 Å². The Balaban J connectivity index is 1.50. The van der Waals surface area contributed by atoms with E-state index in [4.69, 9.17) is 4.84 Å². The van der Waals surface area contributed by atoms with Crippen LogP contribution >= 0.6 is 0 Å². The second-order valence-electron chi connectivity index (χ2n) is 10.5. The fourth-order valence-corrected chi connectivity index (χ4v) is 6.66. The third-order valence-corrected chi connectivity index (χ3v) is 8.37. The third kappa shape index (κ3) is 3.83. The first-order valence-corrected chi connectivity index (χ1v) is 11.4. The normalized spacial score (nSPS) is 39.3. The van der Waals surface area contributed by atoms with E-state index in [-0.39, 0.29) is 10.8 Å². The molecule has 0 N–H and O–H groups in total. The van der Waals surface area contributed by atoms with Crippen molar-refractivity contribution in [3.63, 3.8) is 0 Å². The molecule has 0 heterocycles. The molecule has 0 spiro atoms. The second-order valence-corrected chi connectivity index (χ2v) is 10.5. The number of hydrogen-bond donors (Lipinski definition) is 0. The number of benzene rings is 1. The summed E-state index contributed by atoms with van der Waals surface area (Å²) in [4.78, 5) is 5.69. The van der Waals surface area contributed by atoms with Crippen molar-refractivity contribution in [3.05, 3.63) is 60.2 Å². The van der Waals surface area contributed by atoms with Crippen LogP contribution in [-0.2, 0) is 11.4 Å². The van der Waals surface area contributed by atoms with Gasteiger partial charge in [0.15, 0.2) is 0 Å². The predicted molar refractivity (Wildman–Crippen MR) is 122 cm³/mol. The Morgan fingerprint density at radius 2 is 1.93 bits per heavy atom. The summed E-state index contributed by atoms with van der Waals surface area (Å²) >= 11 is 0. The molecular weight excluding hydrogens is 354 g/mol. The summed E-state index contributed by atoms with van der Waals surface area (Å²) in [5.41, 5.74) is 3.62. The number of rotatable bonds is 5. The van der Waals surface area contributed by atoms with Crippen LogP contribution < -0.4 is 0 Å². The molecule has 3 aliphatic rings. The monoisotopic (exact) mass is 391 g/mol. The highest BCUT2D eigenvalue weighted by atomic mass is 16.6. The summed E-state index contributed by atoms with van der Waals surface area (Å²) in [6.45, 7) is 12.0. The van der Waals surface area contributed by atoms with Gasteiger partial charge in [-0.2, -0.15) is 0 Å². The van der Waals surface area contributed by atoms with Gasteiger partial charge in [0.2, 0.25) is 0 Å². The summed E-state index contributed by atoms with van der Waals surface area (Å²) in [5, 5.41) is 4.47. The Hall–Kier alpha value is -1.83. The average Bonchev–Trinajstić information content (AvgIpc) is 2.72. The number of allylic oxidation sites excluding steroid dienone is 3. The highest BCUT2D eigenvalue weighted by Crippen LogP contribution is 2.63. The van der Waals surface area contributed by atoms with Crippen molar-refractivity contribution in [3.8, 4) is 0 Å². The molecule has 29 heavy (non-hydrogen) atoms. The van der Waals surface area contributed by atoms with Crippen LogP contribution in [-0.4, -0.2) is 6.21 Å². The minimum Gasteiger partial charge on any atom is -0.391 e. The fraction of sp³-hybridized carbons (Fsp3) is 0.593. The second kappa shape index (κ2) is 7.78. The fourth-order valence-electron chi connectivity index (χ4n) is 6.66. The van der Waals surface area contributed by atoms with E-state index >= 15 is 0 Å². The van der Waals surface area contributed by atoms with Crippen LogP contribution in [0.3, 0.4) is 0 Å². The molecule has 4 rings (SSSR count). The highest BCUT2D eigenvalue weighted by molar-refractivity contribution is 5.66. The summed E-state index contributed by atoms with van der Waals surface area (Å²) in [7, 11) is 0. The van der Waals surface area contributed by atoms with Crippen molar-refractivity contribution >= 4 is 6.21 Å². The molecule has 5 atom stereocenters. The zero-order valence-electron chi connectivity index (χ0n) is 18.5. The summed E-state index contributed by atoms with van der Waals surface area (Å²) in [6, 6.07) is 10.3. The topological polar surface area (TPSA) is 21.6 Å². The van der Waals surface area contributed by atoms with Crippen LogP contribution in [0.5, 0.6) is 0 Å². The summed E-state index contributed by atoms with van der Waals surface area (Å²) in [5.74, 6) is 1.39. The van der Waals surface area contributed by atoms with Gasteiger partial charge in [-0.25, -0.2) is 0 Å². The number of nitrogens with zero attached hydrogens (tertiary/aromatic N) is 1. The van der Waals surface area contributed by atoms with E-state index in [0.29, 0.717) is 17.9 Å². The van der Waals surface area contributed by atoms with Crippen molar-refractivity contribution in [2.24, 2.45) is 33.2 Å². The van der Waals surface area contributed by atoms with Gasteiger partial charge < -0.3 is 4.84 Å². The predicted octanol–water partition coefficient (Wildman–Crippen LogP) is 7.32. The third-order valence-electron chi connectivity index (χ3n) is 8.37. The SMILES string of the molecule is C=C[C@@]1(C)CC=C2[C@@H](CC[C@H]3[C@@]2(C)CCC[C@@]3(C)/C=N/OCc2ccccc2)C1. The lowest BCUT2D eigenvalue weighted by Crippen LogP contribution is -2.50. The van der Waals surface area contributed by atoms with E-state index in [9.17, 15) is 0 Å².